The Morgan fingerprint density at radius 3 is 1.40 bits per heavy atom. The summed E-state index contributed by atoms with van der Waals surface area (Å²) in [5.74, 6) is 2.90. The van der Waals surface area contributed by atoms with Crippen LogP contribution in [0.15, 0.2) is 165 Å². The minimum Gasteiger partial charge on any atom is -0.362 e. The van der Waals surface area contributed by atoms with E-state index in [0.29, 0.717) is 35.5 Å². The smallest absolute Gasteiger partial charge is 0.248 e. The van der Waals surface area contributed by atoms with Gasteiger partial charge in [0.05, 0.1) is 0 Å². The SMILES string of the molecule is C=C1C=CC(C(C)C)=CN1.C=C1C=CC=C(C(C)C)N1.CC(C)c1cc[nH]c(=O)c1.CC(C)c1cc[nH]c(=O)c1.CC(C)c1ccc(=O)[nH]c1.CC(C)c1cccc(=O)[nH]1. The average molecular weight is 819 g/mol. The van der Waals surface area contributed by atoms with Crippen molar-refractivity contribution in [1.82, 2.24) is 30.6 Å². The zero-order valence-corrected chi connectivity index (χ0v) is 37.9. The van der Waals surface area contributed by atoms with Crippen LogP contribution in [0.5, 0.6) is 0 Å². The third-order valence-corrected chi connectivity index (χ3v) is 8.89. The van der Waals surface area contributed by atoms with Gasteiger partial charge in [-0.25, -0.2) is 0 Å². The van der Waals surface area contributed by atoms with Crippen molar-refractivity contribution < 1.29 is 0 Å². The maximum Gasteiger partial charge on any atom is 0.248 e. The summed E-state index contributed by atoms with van der Waals surface area (Å²) in [6.07, 6.45) is 17.3. The minimum atomic E-state index is -0.0376. The summed E-state index contributed by atoms with van der Waals surface area (Å²) in [7, 11) is 0. The van der Waals surface area contributed by atoms with Gasteiger partial charge >= 0.3 is 0 Å². The van der Waals surface area contributed by atoms with E-state index < -0.39 is 0 Å². The molecular formula is C50H70N6O4. The van der Waals surface area contributed by atoms with Crippen molar-refractivity contribution in [2.24, 2.45) is 11.8 Å². The topological polar surface area (TPSA) is 155 Å². The molecule has 4 aromatic rings. The van der Waals surface area contributed by atoms with Gasteiger partial charge in [0.25, 0.3) is 0 Å². The van der Waals surface area contributed by atoms with Gasteiger partial charge in [-0.15, -0.1) is 0 Å². The Balaban J connectivity index is 0.000000360. The molecule has 6 N–H and O–H groups in total. The lowest BCUT2D eigenvalue weighted by Gasteiger charge is -2.16. The van der Waals surface area contributed by atoms with E-state index in [9.17, 15) is 19.2 Å². The number of allylic oxidation sites excluding steroid dienone is 7. The summed E-state index contributed by atoms with van der Waals surface area (Å²) < 4.78 is 0. The Labute approximate surface area is 357 Å². The number of hydrogen-bond donors (Lipinski definition) is 6. The van der Waals surface area contributed by atoms with Crippen LogP contribution in [0.1, 0.15) is 129 Å². The molecule has 10 heteroatoms. The van der Waals surface area contributed by atoms with E-state index >= 15 is 0 Å². The number of aromatic nitrogens is 4. The Morgan fingerprint density at radius 2 is 1.07 bits per heavy atom. The normalized spacial score (nSPS) is 12.6. The monoisotopic (exact) mass is 819 g/mol. The molecule has 10 nitrogen and oxygen atoms in total. The number of nitrogens with one attached hydrogen (secondary N) is 6. The van der Waals surface area contributed by atoms with E-state index in [2.05, 4.69) is 125 Å². The molecule has 0 bridgehead atoms. The number of aromatic amines is 4. The lowest BCUT2D eigenvalue weighted by Crippen LogP contribution is -2.16. The Bertz CT molecular complexity index is 2120. The molecule has 2 aliphatic heterocycles. The molecule has 60 heavy (non-hydrogen) atoms. The number of H-pyrrole nitrogens is 4. The maximum atomic E-state index is 10.7. The van der Waals surface area contributed by atoms with Crippen molar-refractivity contribution in [2.45, 2.75) is 107 Å². The van der Waals surface area contributed by atoms with Gasteiger partial charge in [-0.05, 0) is 94.2 Å². The summed E-state index contributed by atoms with van der Waals surface area (Å²) in [5, 5.41) is 6.27. The van der Waals surface area contributed by atoms with Crippen LogP contribution in [0.4, 0.5) is 0 Å². The lowest BCUT2D eigenvalue weighted by molar-refractivity contribution is 0.702. The highest BCUT2D eigenvalue weighted by Gasteiger charge is 2.04. The molecule has 0 amide bonds. The summed E-state index contributed by atoms with van der Waals surface area (Å²) in [6.45, 7) is 32.8. The van der Waals surface area contributed by atoms with Crippen LogP contribution in [-0.4, -0.2) is 19.9 Å². The van der Waals surface area contributed by atoms with Gasteiger partial charge in [-0.1, -0.05) is 121 Å². The summed E-state index contributed by atoms with van der Waals surface area (Å²) in [6, 6.07) is 15.7. The zero-order valence-electron chi connectivity index (χ0n) is 37.9. The van der Waals surface area contributed by atoms with E-state index in [1.165, 1.54) is 22.9 Å². The van der Waals surface area contributed by atoms with Gasteiger partial charge in [-0.2, -0.15) is 0 Å². The first-order valence-corrected chi connectivity index (χ1v) is 20.6. The second-order valence-corrected chi connectivity index (χ2v) is 16.1. The molecule has 0 spiro atoms. The molecule has 0 saturated heterocycles. The summed E-state index contributed by atoms with van der Waals surface area (Å²) in [5.41, 5.74) is 8.74. The Morgan fingerprint density at radius 1 is 0.500 bits per heavy atom. The largest absolute Gasteiger partial charge is 0.362 e. The van der Waals surface area contributed by atoms with Crippen molar-refractivity contribution in [3.05, 3.63) is 209 Å². The van der Waals surface area contributed by atoms with Crippen molar-refractivity contribution >= 4 is 0 Å². The van der Waals surface area contributed by atoms with E-state index in [-0.39, 0.29) is 22.2 Å². The molecule has 0 atom stereocenters. The maximum absolute atomic E-state index is 10.7. The van der Waals surface area contributed by atoms with Crippen LogP contribution >= 0.6 is 0 Å². The van der Waals surface area contributed by atoms with Crippen LogP contribution < -0.4 is 32.9 Å². The third-order valence-electron chi connectivity index (χ3n) is 8.89. The molecular weight excluding hydrogens is 749 g/mol. The highest BCUT2D eigenvalue weighted by atomic mass is 16.1. The van der Waals surface area contributed by atoms with Crippen LogP contribution in [-0.2, 0) is 0 Å². The van der Waals surface area contributed by atoms with Crippen molar-refractivity contribution in [3.63, 3.8) is 0 Å². The highest BCUT2D eigenvalue weighted by molar-refractivity contribution is 5.32. The average Bonchev–Trinajstić information content (AvgIpc) is 3.19. The highest BCUT2D eigenvalue weighted by Crippen LogP contribution is 2.15. The van der Waals surface area contributed by atoms with Crippen molar-refractivity contribution in [3.8, 4) is 0 Å². The standard InChI is InChI=1S/2C9H13N.4C8H11NO/c1-7(2)9-5-4-8(3)10-6-9;1-7(2)9-6-4-5-8(3)10-9;2*1-6(2)7-3-4-9-8(10)5-7;1-6(2)7-3-4-8(10)9-5-7;1-6(2)7-4-3-5-8(10)9-7/h2*4-7,10H,3H2,1-2H3;4*3-6H,1-2H3,(H,9,10). The first kappa shape index (κ1) is 51.9. The zero-order chi connectivity index (χ0) is 45.4. The van der Waals surface area contributed by atoms with E-state index in [1.807, 2.05) is 62.5 Å². The molecule has 324 valence electrons. The second-order valence-electron chi connectivity index (χ2n) is 16.1. The third kappa shape index (κ3) is 22.1. The van der Waals surface area contributed by atoms with Crippen LogP contribution in [0.25, 0.3) is 0 Å². The molecule has 0 aliphatic carbocycles. The van der Waals surface area contributed by atoms with Crippen LogP contribution in [0.3, 0.4) is 0 Å². The lowest BCUT2D eigenvalue weighted by atomic mass is 10.0. The molecule has 0 aromatic carbocycles. The van der Waals surface area contributed by atoms with Gasteiger partial charge < -0.3 is 30.6 Å². The predicted molar refractivity (Wildman–Crippen MR) is 253 cm³/mol. The molecule has 6 heterocycles. The number of rotatable bonds is 6. The van der Waals surface area contributed by atoms with Gasteiger partial charge in [0.1, 0.15) is 0 Å². The van der Waals surface area contributed by atoms with Crippen LogP contribution in [0.2, 0.25) is 0 Å². The quantitative estimate of drug-likeness (QED) is 0.114. The van der Waals surface area contributed by atoms with Crippen molar-refractivity contribution in [1.29, 1.82) is 0 Å². The fourth-order valence-electron chi connectivity index (χ4n) is 4.93. The number of dihydropyridines is 2. The molecule has 2 aliphatic rings. The first-order valence-electron chi connectivity index (χ1n) is 20.6. The molecule has 0 saturated carbocycles. The van der Waals surface area contributed by atoms with Gasteiger partial charge in [-0.3, -0.25) is 19.2 Å². The van der Waals surface area contributed by atoms with E-state index in [1.54, 1.807) is 42.9 Å². The molecule has 0 unspecified atom stereocenters. The fourth-order valence-corrected chi connectivity index (χ4v) is 4.93. The Hall–Kier alpha value is -6.16. The fraction of sp³-hybridized carbons (Fsp3) is 0.360. The van der Waals surface area contributed by atoms with Gasteiger partial charge in [0, 0.05) is 71.8 Å². The minimum absolute atomic E-state index is 0.0220. The molecule has 6 rings (SSSR count). The molecule has 0 radical (unpaired) electrons. The number of hydrogen-bond acceptors (Lipinski definition) is 6. The van der Waals surface area contributed by atoms with Crippen molar-refractivity contribution in [2.75, 3.05) is 0 Å². The van der Waals surface area contributed by atoms with E-state index in [0.717, 1.165) is 28.2 Å². The first-order chi connectivity index (χ1) is 28.2. The van der Waals surface area contributed by atoms with Crippen LogP contribution in [0, 0.1) is 11.8 Å². The summed E-state index contributed by atoms with van der Waals surface area (Å²) in [4.78, 5) is 53.3. The molecule has 4 aromatic heterocycles. The van der Waals surface area contributed by atoms with Gasteiger partial charge in [0.15, 0.2) is 0 Å². The number of pyridine rings is 4. The Kier molecular flexibility index (Phi) is 23.8. The molecule has 0 fully saturated rings. The van der Waals surface area contributed by atoms with E-state index in [4.69, 9.17) is 0 Å². The summed E-state index contributed by atoms with van der Waals surface area (Å²) >= 11 is 0. The predicted octanol–water partition coefficient (Wildman–Crippen LogP) is 10.4. The van der Waals surface area contributed by atoms with Gasteiger partial charge in [0.2, 0.25) is 22.2 Å². The second kappa shape index (κ2) is 27.5.